The summed E-state index contributed by atoms with van der Waals surface area (Å²) >= 11 is 0. The smallest absolute Gasteiger partial charge is 0.445 e. The van der Waals surface area contributed by atoms with Crippen LogP contribution in [0.5, 0.6) is 5.75 Å². The lowest BCUT2D eigenvalue weighted by Gasteiger charge is -2.21. The Bertz CT molecular complexity index is 631. The third kappa shape index (κ3) is 4.17. The monoisotopic (exact) mass is 295 g/mol. The highest BCUT2D eigenvalue weighted by Gasteiger charge is 2.29. The number of hydrogen-bond acceptors (Lipinski definition) is 3. The lowest BCUT2D eigenvalue weighted by molar-refractivity contribution is 0.439. The Kier molecular flexibility index (Phi) is 4.15. The third-order valence-electron chi connectivity index (χ3n) is 2.37. The van der Waals surface area contributed by atoms with E-state index in [1.165, 1.54) is 6.92 Å². The van der Waals surface area contributed by atoms with Crippen molar-refractivity contribution in [3.8, 4) is 18.1 Å². The van der Waals surface area contributed by atoms with Gasteiger partial charge in [-0.2, -0.15) is 8.42 Å². The predicted octanol–water partition coefficient (Wildman–Crippen LogP) is 1.82. The van der Waals surface area contributed by atoms with Crippen LogP contribution in [0.3, 0.4) is 0 Å². The van der Waals surface area contributed by atoms with Gasteiger partial charge in [-0.25, -0.2) is 0 Å². The second kappa shape index (κ2) is 5.13. The van der Waals surface area contributed by atoms with Crippen molar-refractivity contribution >= 4 is 22.9 Å². The summed E-state index contributed by atoms with van der Waals surface area (Å²) < 4.78 is 75.2. The molecule has 0 unspecified atom stereocenters. The van der Waals surface area contributed by atoms with Crippen molar-refractivity contribution in [3.05, 3.63) is 23.3 Å². The van der Waals surface area contributed by atoms with Crippen LogP contribution in [0.15, 0.2) is 12.1 Å². The van der Waals surface area contributed by atoms with Gasteiger partial charge in [-0.1, -0.05) is 9.45 Å². The summed E-state index contributed by atoms with van der Waals surface area (Å²) in [7, 11) is -5.40. The highest BCUT2D eigenvalue weighted by Crippen LogP contribution is 2.23. The first-order chi connectivity index (χ1) is 8.54. The van der Waals surface area contributed by atoms with E-state index >= 15 is 0 Å². The van der Waals surface area contributed by atoms with Crippen LogP contribution in [0.1, 0.15) is 11.1 Å². The maximum absolute atomic E-state index is 12.8. The van der Waals surface area contributed by atoms with E-state index in [4.69, 9.17) is 6.42 Å². The van der Waals surface area contributed by atoms with Gasteiger partial charge >= 0.3 is 17.5 Å². The van der Waals surface area contributed by atoms with Gasteiger partial charge in [-0.3, -0.25) is 0 Å². The molecule has 0 aromatic heterocycles. The highest BCUT2D eigenvalue weighted by molar-refractivity contribution is 7.81. The molecule has 0 heterocycles. The second-order valence-electron chi connectivity index (χ2n) is 3.73. The van der Waals surface area contributed by atoms with Crippen molar-refractivity contribution in [2.45, 2.75) is 13.3 Å². The lowest BCUT2D eigenvalue weighted by Crippen LogP contribution is -2.37. The van der Waals surface area contributed by atoms with E-state index in [1.807, 2.05) is 0 Å². The van der Waals surface area contributed by atoms with Crippen LogP contribution < -0.4 is 9.65 Å². The van der Waals surface area contributed by atoms with Crippen molar-refractivity contribution in [1.82, 2.24) is 0 Å². The predicted molar refractivity (Wildman–Crippen MR) is 63.1 cm³/mol. The molecule has 0 fully saturated rings. The van der Waals surface area contributed by atoms with Gasteiger partial charge in [0.1, 0.15) is 5.75 Å². The average Bonchev–Trinajstić information content (AvgIpc) is 2.19. The molecule has 104 valence electrons. The summed E-state index contributed by atoms with van der Waals surface area (Å²) in [5.41, 5.74) is -1.14. The fourth-order valence-corrected chi connectivity index (χ4v) is 1.89. The Morgan fingerprint density at radius 3 is 2.37 bits per heavy atom. The maximum Gasteiger partial charge on any atom is 0.510 e. The van der Waals surface area contributed by atoms with Crippen molar-refractivity contribution in [2.24, 2.45) is 0 Å². The van der Waals surface area contributed by atoms with Gasteiger partial charge in [0.15, 0.2) is 0 Å². The van der Waals surface area contributed by atoms with Gasteiger partial charge in [-0.15, -0.1) is 17.8 Å². The molecule has 0 saturated heterocycles. The summed E-state index contributed by atoms with van der Waals surface area (Å²) in [5.74, 6) is 1.38. The molecule has 0 aliphatic carbocycles. The molecular weight excluding hydrogens is 287 g/mol. The molecule has 0 amide bonds. The SMILES string of the molecule is C#CCc1cc(OS(=O)(=O)F)cc([B-](F)(F)F)c1C. The first kappa shape index (κ1) is 15.4. The molecule has 0 aliphatic rings. The second-order valence-corrected chi connectivity index (χ2v) is 4.68. The minimum Gasteiger partial charge on any atom is -0.445 e. The first-order valence-electron chi connectivity index (χ1n) is 4.95. The summed E-state index contributed by atoms with van der Waals surface area (Å²) in [6.07, 6.45) is 4.85. The topological polar surface area (TPSA) is 43.4 Å². The summed E-state index contributed by atoms with van der Waals surface area (Å²) in [6, 6.07) is 1.41. The fraction of sp³-hybridized carbons (Fsp3) is 0.200. The summed E-state index contributed by atoms with van der Waals surface area (Å²) in [6.45, 7) is -4.20. The van der Waals surface area contributed by atoms with Gasteiger partial charge in [-0.05, 0) is 24.6 Å². The fourth-order valence-electron chi connectivity index (χ4n) is 1.57. The van der Waals surface area contributed by atoms with Gasteiger partial charge < -0.3 is 17.1 Å². The summed E-state index contributed by atoms with van der Waals surface area (Å²) in [4.78, 5) is 0. The molecule has 0 N–H and O–H groups in total. The van der Waals surface area contributed by atoms with Crippen molar-refractivity contribution in [3.63, 3.8) is 0 Å². The molecule has 19 heavy (non-hydrogen) atoms. The Labute approximate surface area is 108 Å². The molecule has 0 saturated carbocycles. The first-order valence-corrected chi connectivity index (χ1v) is 6.26. The third-order valence-corrected chi connectivity index (χ3v) is 2.76. The standard InChI is InChI=1S/C10H8BF4O3S/c1-3-4-8-5-9(18-19(15,16)17)6-10(7(8)2)11(12,13)14/h1,5-6H,4H2,2H3/q-1. The zero-order valence-corrected chi connectivity index (χ0v) is 10.5. The Morgan fingerprint density at radius 1 is 1.37 bits per heavy atom. The van der Waals surface area contributed by atoms with Crippen molar-refractivity contribution < 1.29 is 29.4 Å². The molecule has 0 radical (unpaired) electrons. The minimum atomic E-state index is -5.40. The largest absolute Gasteiger partial charge is 0.510 e. The molecule has 3 nitrogen and oxygen atoms in total. The molecular formula is C10H8BF4O3S-. The molecule has 0 bridgehead atoms. The van der Waals surface area contributed by atoms with E-state index in [-0.39, 0.29) is 17.5 Å². The Morgan fingerprint density at radius 2 is 1.95 bits per heavy atom. The van der Waals surface area contributed by atoms with Crippen LogP contribution in [-0.2, 0) is 16.9 Å². The zero-order valence-electron chi connectivity index (χ0n) is 9.66. The van der Waals surface area contributed by atoms with Crippen LogP contribution in [-0.4, -0.2) is 15.4 Å². The Balaban J connectivity index is 3.44. The van der Waals surface area contributed by atoms with Gasteiger partial charge in [0.2, 0.25) is 0 Å². The van der Waals surface area contributed by atoms with E-state index in [2.05, 4.69) is 10.1 Å². The molecule has 1 aromatic rings. The quantitative estimate of drug-likeness (QED) is 0.368. The minimum absolute atomic E-state index is 0.0536. The molecule has 0 spiro atoms. The van der Waals surface area contributed by atoms with Crippen LogP contribution in [0.25, 0.3) is 0 Å². The molecule has 1 aromatic carbocycles. The number of benzene rings is 1. The highest BCUT2D eigenvalue weighted by atomic mass is 32.3. The molecule has 9 heteroatoms. The van der Waals surface area contributed by atoms with Crippen LogP contribution in [0, 0.1) is 19.3 Å². The van der Waals surface area contributed by atoms with Crippen LogP contribution in [0.2, 0.25) is 0 Å². The molecule has 0 atom stereocenters. The van der Waals surface area contributed by atoms with Gasteiger partial charge in [0.25, 0.3) is 0 Å². The van der Waals surface area contributed by atoms with Crippen molar-refractivity contribution in [1.29, 1.82) is 0 Å². The van der Waals surface area contributed by atoms with Crippen LogP contribution >= 0.6 is 0 Å². The van der Waals surface area contributed by atoms with Crippen molar-refractivity contribution in [2.75, 3.05) is 0 Å². The number of rotatable bonds is 4. The Hall–Kier alpha value is -1.69. The zero-order chi connectivity index (χ0) is 14.8. The normalized spacial score (nSPS) is 12.0. The lowest BCUT2D eigenvalue weighted by atomic mass is 9.75. The number of halogens is 4. The maximum atomic E-state index is 12.8. The van der Waals surface area contributed by atoms with Crippen LogP contribution in [0.4, 0.5) is 16.8 Å². The average molecular weight is 295 g/mol. The van der Waals surface area contributed by atoms with E-state index in [9.17, 15) is 25.3 Å². The van der Waals surface area contributed by atoms with E-state index in [0.29, 0.717) is 6.07 Å². The molecule has 1 rings (SSSR count). The van der Waals surface area contributed by atoms with E-state index in [0.717, 1.165) is 6.07 Å². The van der Waals surface area contributed by atoms with E-state index < -0.39 is 28.7 Å². The van der Waals surface area contributed by atoms with Gasteiger partial charge in [0.05, 0.1) is 0 Å². The van der Waals surface area contributed by atoms with Gasteiger partial charge in [0, 0.05) is 6.42 Å². The number of hydrogen-bond donors (Lipinski definition) is 0. The van der Waals surface area contributed by atoms with E-state index in [1.54, 1.807) is 0 Å². The number of terminal acetylenes is 1. The molecule has 0 aliphatic heterocycles. The summed E-state index contributed by atoms with van der Waals surface area (Å²) in [5, 5.41) is 0.